The average Bonchev–Trinajstić information content (AvgIpc) is 2.39. The van der Waals surface area contributed by atoms with Crippen molar-refractivity contribution in [1.29, 1.82) is 0 Å². The van der Waals surface area contributed by atoms with Gasteiger partial charge in [-0.05, 0) is 13.0 Å². The van der Waals surface area contributed by atoms with Gasteiger partial charge in [0.25, 0.3) is 0 Å². The molecule has 0 aliphatic carbocycles. The fraction of sp³-hybridized carbons (Fsp3) is 0.417. The van der Waals surface area contributed by atoms with Crippen molar-refractivity contribution in [2.45, 2.75) is 13.0 Å². The maximum atomic E-state index is 11.7. The topological polar surface area (TPSA) is 101 Å². The Labute approximate surface area is 111 Å². The van der Waals surface area contributed by atoms with Gasteiger partial charge in [0.05, 0.1) is 24.1 Å². The molecule has 0 saturated heterocycles. The van der Waals surface area contributed by atoms with Crippen molar-refractivity contribution in [3.63, 3.8) is 0 Å². The van der Waals surface area contributed by atoms with E-state index in [9.17, 15) is 9.59 Å². The number of nitrogens with one attached hydrogen (secondary N) is 2. The number of methoxy groups -OCH3 is 1. The number of rotatable bonds is 7. The number of hydrogen-bond acceptors (Lipinski definition) is 5. The number of amides is 1. The molecule has 0 bridgehead atoms. The van der Waals surface area contributed by atoms with Crippen molar-refractivity contribution in [2.75, 3.05) is 25.6 Å². The van der Waals surface area contributed by atoms with Crippen LogP contribution in [0.1, 0.15) is 17.3 Å². The molecule has 1 rings (SSSR count). The first kappa shape index (κ1) is 14.9. The van der Waals surface area contributed by atoms with Gasteiger partial charge < -0.3 is 20.5 Å². The second-order valence-corrected chi connectivity index (χ2v) is 3.88. The Morgan fingerprint density at radius 1 is 1.53 bits per heavy atom. The predicted molar refractivity (Wildman–Crippen MR) is 69.2 cm³/mol. The lowest BCUT2D eigenvalue weighted by molar-refractivity contribution is -0.121. The highest BCUT2D eigenvalue weighted by atomic mass is 16.5. The van der Waals surface area contributed by atoms with E-state index in [-0.39, 0.29) is 11.5 Å². The Morgan fingerprint density at radius 2 is 2.26 bits per heavy atom. The second kappa shape index (κ2) is 7.32. The third-order valence-corrected chi connectivity index (χ3v) is 2.42. The van der Waals surface area contributed by atoms with Gasteiger partial charge in [0, 0.05) is 19.9 Å². The summed E-state index contributed by atoms with van der Waals surface area (Å²) in [4.78, 5) is 26.5. The zero-order valence-corrected chi connectivity index (χ0v) is 10.8. The molecule has 1 atom stereocenters. The number of nitrogens with zero attached hydrogens (tertiary/aromatic N) is 1. The number of ether oxygens (including phenoxy) is 1. The van der Waals surface area contributed by atoms with Crippen LogP contribution in [-0.2, 0) is 9.53 Å². The van der Waals surface area contributed by atoms with Gasteiger partial charge in [-0.25, -0.2) is 4.79 Å². The number of pyridine rings is 1. The molecular formula is C12H17N3O4. The highest BCUT2D eigenvalue weighted by Gasteiger charge is 2.16. The lowest BCUT2D eigenvalue weighted by atomic mass is 10.2. The van der Waals surface area contributed by atoms with Gasteiger partial charge in [-0.3, -0.25) is 9.78 Å². The van der Waals surface area contributed by atoms with Crippen molar-refractivity contribution in [2.24, 2.45) is 0 Å². The molecule has 1 unspecified atom stereocenters. The van der Waals surface area contributed by atoms with Gasteiger partial charge in [0.15, 0.2) is 0 Å². The smallest absolute Gasteiger partial charge is 0.337 e. The fourth-order valence-corrected chi connectivity index (χ4v) is 1.42. The Morgan fingerprint density at radius 3 is 2.89 bits per heavy atom. The van der Waals surface area contributed by atoms with E-state index in [2.05, 4.69) is 15.6 Å². The van der Waals surface area contributed by atoms with E-state index in [4.69, 9.17) is 9.84 Å². The van der Waals surface area contributed by atoms with Crippen LogP contribution in [0.4, 0.5) is 5.69 Å². The predicted octanol–water partition coefficient (Wildman–Crippen LogP) is 0.343. The summed E-state index contributed by atoms with van der Waals surface area (Å²) in [6.07, 6.45) is 2.76. The molecule has 1 aromatic heterocycles. The van der Waals surface area contributed by atoms with Crippen molar-refractivity contribution < 1.29 is 19.4 Å². The summed E-state index contributed by atoms with van der Waals surface area (Å²) in [5.41, 5.74) is 0.385. The summed E-state index contributed by atoms with van der Waals surface area (Å²) < 4.78 is 4.82. The summed E-state index contributed by atoms with van der Waals surface area (Å²) >= 11 is 0. The lowest BCUT2D eigenvalue weighted by Crippen LogP contribution is -2.39. The molecule has 1 aromatic rings. The number of aromatic nitrogens is 1. The molecule has 1 heterocycles. The summed E-state index contributed by atoms with van der Waals surface area (Å²) in [6.45, 7) is 2.46. The van der Waals surface area contributed by atoms with Gasteiger partial charge in [0.1, 0.15) is 6.04 Å². The molecule has 7 nitrogen and oxygen atoms in total. The Kier molecular flexibility index (Phi) is 5.74. The fourth-order valence-electron chi connectivity index (χ4n) is 1.42. The highest BCUT2D eigenvalue weighted by Crippen LogP contribution is 2.14. The van der Waals surface area contributed by atoms with E-state index in [1.54, 1.807) is 14.0 Å². The summed E-state index contributed by atoms with van der Waals surface area (Å²) in [5.74, 6) is -1.31. The van der Waals surface area contributed by atoms with Crippen molar-refractivity contribution >= 4 is 17.6 Å². The number of carboxylic acids is 1. The molecule has 19 heavy (non-hydrogen) atoms. The first-order valence-corrected chi connectivity index (χ1v) is 5.76. The van der Waals surface area contributed by atoms with Crippen LogP contribution in [-0.4, -0.2) is 48.3 Å². The van der Waals surface area contributed by atoms with E-state index in [0.29, 0.717) is 18.8 Å². The van der Waals surface area contributed by atoms with Gasteiger partial charge in [-0.1, -0.05) is 0 Å². The monoisotopic (exact) mass is 267 g/mol. The van der Waals surface area contributed by atoms with Crippen LogP contribution in [0.3, 0.4) is 0 Å². The summed E-state index contributed by atoms with van der Waals surface area (Å²) in [5, 5.41) is 14.5. The zero-order valence-electron chi connectivity index (χ0n) is 10.8. The number of carboxylic acid groups (broad SMARTS) is 1. The molecule has 0 aromatic carbocycles. The molecule has 0 radical (unpaired) electrons. The molecule has 0 spiro atoms. The SMILES string of the molecule is COCCNC(=O)C(C)Nc1cnccc1C(=O)O. The van der Waals surface area contributed by atoms with Crippen LogP contribution < -0.4 is 10.6 Å². The minimum absolute atomic E-state index is 0.0755. The standard InChI is InChI=1S/C12H17N3O4/c1-8(11(16)14-5-6-19-2)15-10-7-13-4-3-9(10)12(17)18/h3-4,7-8,15H,5-6H2,1-2H3,(H,14,16)(H,17,18). The van der Waals surface area contributed by atoms with Crippen LogP contribution >= 0.6 is 0 Å². The molecule has 104 valence electrons. The first-order valence-electron chi connectivity index (χ1n) is 5.76. The van der Waals surface area contributed by atoms with E-state index < -0.39 is 12.0 Å². The molecule has 3 N–H and O–H groups in total. The Balaban J connectivity index is 2.63. The molecule has 0 aliphatic rings. The molecule has 0 fully saturated rings. The summed E-state index contributed by atoms with van der Waals surface area (Å²) in [7, 11) is 1.54. The van der Waals surface area contributed by atoms with Crippen molar-refractivity contribution in [1.82, 2.24) is 10.3 Å². The minimum atomic E-state index is -1.07. The number of anilines is 1. The quantitative estimate of drug-likeness (QED) is 0.616. The molecule has 7 heteroatoms. The van der Waals surface area contributed by atoms with Crippen LogP contribution in [0.2, 0.25) is 0 Å². The molecule has 0 saturated carbocycles. The number of aromatic carboxylic acids is 1. The highest BCUT2D eigenvalue weighted by molar-refractivity contribution is 5.95. The second-order valence-electron chi connectivity index (χ2n) is 3.88. The van der Waals surface area contributed by atoms with Gasteiger partial charge in [0.2, 0.25) is 5.91 Å². The summed E-state index contributed by atoms with van der Waals surface area (Å²) in [6, 6.07) is 0.805. The number of hydrogen-bond donors (Lipinski definition) is 3. The van der Waals surface area contributed by atoms with Gasteiger partial charge in [-0.2, -0.15) is 0 Å². The first-order chi connectivity index (χ1) is 9.06. The Bertz CT molecular complexity index is 450. The van der Waals surface area contributed by atoms with Gasteiger partial charge in [-0.15, -0.1) is 0 Å². The Hall–Kier alpha value is -2.15. The number of carbonyl (C=O) groups is 2. The molecular weight excluding hydrogens is 250 g/mol. The zero-order chi connectivity index (χ0) is 14.3. The lowest BCUT2D eigenvalue weighted by Gasteiger charge is -2.16. The third kappa shape index (κ3) is 4.55. The van der Waals surface area contributed by atoms with E-state index in [0.717, 1.165) is 0 Å². The average molecular weight is 267 g/mol. The third-order valence-electron chi connectivity index (χ3n) is 2.42. The minimum Gasteiger partial charge on any atom is -0.478 e. The van der Waals surface area contributed by atoms with Crippen molar-refractivity contribution in [3.8, 4) is 0 Å². The molecule has 0 aliphatic heterocycles. The van der Waals surface area contributed by atoms with Gasteiger partial charge >= 0.3 is 5.97 Å². The maximum absolute atomic E-state index is 11.7. The van der Waals surface area contributed by atoms with E-state index in [1.165, 1.54) is 18.5 Å². The molecule has 1 amide bonds. The van der Waals surface area contributed by atoms with E-state index in [1.807, 2.05) is 0 Å². The normalized spacial score (nSPS) is 11.7. The van der Waals surface area contributed by atoms with Crippen LogP contribution in [0.25, 0.3) is 0 Å². The van der Waals surface area contributed by atoms with E-state index >= 15 is 0 Å². The largest absolute Gasteiger partial charge is 0.478 e. The van der Waals surface area contributed by atoms with Crippen molar-refractivity contribution in [3.05, 3.63) is 24.0 Å². The van der Waals surface area contributed by atoms with Crippen LogP contribution in [0, 0.1) is 0 Å². The van der Waals surface area contributed by atoms with Crippen LogP contribution in [0.15, 0.2) is 18.5 Å². The number of carbonyl (C=O) groups excluding carboxylic acids is 1. The maximum Gasteiger partial charge on any atom is 0.337 e. The van der Waals surface area contributed by atoms with Crippen LogP contribution in [0.5, 0.6) is 0 Å².